The smallest absolute Gasteiger partial charge is 0.308 e. The molecule has 2 atom stereocenters. The molecule has 4 heterocycles. The first kappa shape index (κ1) is 26.3. The molecule has 38 heavy (non-hydrogen) atoms. The number of imidazole rings is 1. The number of likely N-dealkylation sites (tertiary alicyclic amines) is 1. The van der Waals surface area contributed by atoms with Crippen molar-refractivity contribution in [1.29, 1.82) is 0 Å². The van der Waals surface area contributed by atoms with Crippen LogP contribution in [0.1, 0.15) is 51.9 Å². The van der Waals surface area contributed by atoms with Gasteiger partial charge in [0.1, 0.15) is 11.9 Å². The van der Waals surface area contributed by atoms with Crippen molar-refractivity contribution in [3.05, 3.63) is 51.9 Å². The molecular weight excluding hydrogens is 506 g/mol. The van der Waals surface area contributed by atoms with Crippen molar-refractivity contribution in [2.24, 2.45) is 5.92 Å². The van der Waals surface area contributed by atoms with Crippen LogP contribution in [0, 0.1) is 5.92 Å². The molecule has 2 aliphatic rings. The predicted octanol–water partition coefficient (Wildman–Crippen LogP) is 4.30. The van der Waals surface area contributed by atoms with Crippen molar-refractivity contribution in [2.75, 3.05) is 24.5 Å². The monoisotopic (exact) mass is 539 g/mol. The second-order valence-electron chi connectivity index (χ2n) is 10.3. The summed E-state index contributed by atoms with van der Waals surface area (Å²) in [6.45, 7) is 4.28. The number of hydrogen-bond acceptors (Lipinski definition) is 5. The number of halogens is 1. The SMILES string of the molecule is CCCCCn1c(N2CCC[C@H]2C(=O)N2CCC[C@@H](C(=O)O)C2)cc(=O)n2cc(-c3ccc(Cl)cc3)nc12. The van der Waals surface area contributed by atoms with E-state index in [4.69, 9.17) is 16.6 Å². The fourth-order valence-corrected chi connectivity index (χ4v) is 5.83. The Morgan fingerprint density at radius 1 is 1.11 bits per heavy atom. The maximum atomic E-state index is 13.7. The lowest BCUT2D eigenvalue weighted by atomic mass is 9.97. The van der Waals surface area contributed by atoms with Gasteiger partial charge in [-0.05, 0) is 44.2 Å². The lowest BCUT2D eigenvalue weighted by Crippen LogP contribution is -2.50. The van der Waals surface area contributed by atoms with Gasteiger partial charge in [0.25, 0.3) is 5.56 Å². The van der Waals surface area contributed by atoms with E-state index in [1.807, 2.05) is 17.0 Å². The van der Waals surface area contributed by atoms with Gasteiger partial charge in [-0.15, -0.1) is 0 Å². The van der Waals surface area contributed by atoms with Gasteiger partial charge >= 0.3 is 5.97 Å². The average Bonchev–Trinajstić information content (AvgIpc) is 3.58. The first-order chi connectivity index (χ1) is 18.4. The molecule has 1 N–H and O–H groups in total. The largest absolute Gasteiger partial charge is 0.481 e. The number of aryl methyl sites for hydroxylation is 1. The van der Waals surface area contributed by atoms with E-state index >= 15 is 0 Å². The number of carboxylic acids is 1. The summed E-state index contributed by atoms with van der Waals surface area (Å²) in [4.78, 5) is 47.2. The summed E-state index contributed by atoms with van der Waals surface area (Å²) < 4.78 is 3.65. The first-order valence-corrected chi connectivity index (χ1v) is 13.9. The van der Waals surface area contributed by atoms with Gasteiger partial charge in [0.05, 0.1) is 11.6 Å². The van der Waals surface area contributed by atoms with E-state index in [1.165, 1.54) is 0 Å². The van der Waals surface area contributed by atoms with E-state index in [0.717, 1.165) is 31.2 Å². The normalized spacial score (nSPS) is 19.8. The van der Waals surface area contributed by atoms with E-state index in [9.17, 15) is 19.5 Å². The highest BCUT2D eigenvalue weighted by atomic mass is 35.5. The highest BCUT2D eigenvalue weighted by Crippen LogP contribution is 2.30. The molecule has 0 bridgehead atoms. The van der Waals surface area contributed by atoms with Crippen molar-refractivity contribution in [2.45, 2.75) is 64.5 Å². The molecule has 0 saturated carbocycles. The summed E-state index contributed by atoms with van der Waals surface area (Å²) in [5.41, 5.74) is 1.35. The minimum Gasteiger partial charge on any atom is -0.481 e. The van der Waals surface area contributed by atoms with E-state index in [1.54, 1.807) is 33.7 Å². The lowest BCUT2D eigenvalue weighted by Gasteiger charge is -2.36. The third-order valence-electron chi connectivity index (χ3n) is 7.73. The zero-order valence-electron chi connectivity index (χ0n) is 21.7. The number of carboxylic acid groups (broad SMARTS) is 1. The maximum absolute atomic E-state index is 13.7. The van der Waals surface area contributed by atoms with Gasteiger partial charge in [-0.1, -0.05) is 43.5 Å². The molecule has 3 aromatic rings. The van der Waals surface area contributed by atoms with Crippen LogP contribution in [-0.2, 0) is 16.1 Å². The second kappa shape index (κ2) is 11.2. The molecule has 0 radical (unpaired) electrons. The van der Waals surface area contributed by atoms with Crippen molar-refractivity contribution in [3.8, 4) is 11.3 Å². The van der Waals surface area contributed by atoms with E-state index < -0.39 is 17.9 Å². The predicted molar refractivity (Wildman–Crippen MR) is 147 cm³/mol. The highest BCUT2D eigenvalue weighted by molar-refractivity contribution is 6.30. The second-order valence-corrected chi connectivity index (χ2v) is 10.8. The third-order valence-corrected chi connectivity index (χ3v) is 7.99. The molecule has 1 amide bonds. The number of benzene rings is 1. The van der Waals surface area contributed by atoms with Crippen LogP contribution in [0.3, 0.4) is 0 Å². The summed E-state index contributed by atoms with van der Waals surface area (Å²) >= 11 is 6.07. The molecule has 202 valence electrons. The van der Waals surface area contributed by atoms with Crippen LogP contribution in [-0.4, -0.2) is 61.5 Å². The van der Waals surface area contributed by atoms with Crippen LogP contribution in [0.25, 0.3) is 17.0 Å². The van der Waals surface area contributed by atoms with Crippen LogP contribution < -0.4 is 10.5 Å². The maximum Gasteiger partial charge on any atom is 0.308 e. The zero-order chi connectivity index (χ0) is 26.8. The van der Waals surface area contributed by atoms with Crippen LogP contribution in [0.4, 0.5) is 5.82 Å². The molecule has 10 heteroatoms. The molecular formula is C28H34ClN5O4. The van der Waals surface area contributed by atoms with Gasteiger partial charge in [0.15, 0.2) is 0 Å². The molecule has 2 aliphatic heterocycles. The molecule has 2 saturated heterocycles. The quantitative estimate of drug-likeness (QED) is 0.428. The Morgan fingerprint density at radius 3 is 2.61 bits per heavy atom. The van der Waals surface area contributed by atoms with Crippen molar-refractivity contribution < 1.29 is 14.7 Å². The number of carbonyl (C=O) groups excluding carboxylic acids is 1. The molecule has 9 nitrogen and oxygen atoms in total. The number of aromatic nitrogens is 3. The molecule has 0 aliphatic carbocycles. The number of hydrogen-bond donors (Lipinski definition) is 1. The van der Waals surface area contributed by atoms with Gasteiger partial charge in [-0.2, -0.15) is 0 Å². The van der Waals surface area contributed by atoms with Gasteiger partial charge in [-0.3, -0.25) is 23.4 Å². The zero-order valence-corrected chi connectivity index (χ0v) is 22.4. The Balaban J connectivity index is 1.53. The fraction of sp³-hybridized carbons (Fsp3) is 0.500. The van der Waals surface area contributed by atoms with Crippen molar-refractivity contribution in [1.82, 2.24) is 18.9 Å². The summed E-state index contributed by atoms with van der Waals surface area (Å²) in [6.07, 6.45) is 7.55. The van der Waals surface area contributed by atoms with Crippen LogP contribution >= 0.6 is 11.6 Å². The van der Waals surface area contributed by atoms with Gasteiger partial charge < -0.3 is 14.9 Å². The number of fused-ring (bicyclic) bond motifs is 1. The van der Waals surface area contributed by atoms with Gasteiger partial charge in [0, 0.05) is 49.0 Å². The topological polar surface area (TPSA) is 100 Å². The number of unbranched alkanes of at least 4 members (excludes halogenated alkanes) is 2. The first-order valence-electron chi connectivity index (χ1n) is 13.5. The summed E-state index contributed by atoms with van der Waals surface area (Å²) in [6, 6.07) is 8.57. The van der Waals surface area contributed by atoms with Crippen LogP contribution in [0.2, 0.25) is 5.02 Å². The number of aliphatic carboxylic acids is 1. The molecule has 1 aromatic carbocycles. The lowest BCUT2D eigenvalue weighted by molar-refractivity contribution is -0.146. The Kier molecular flexibility index (Phi) is 7.74. The van der Waals surface area contributed by atoms with E-state index in [2.05, 4.69) is 11.5 Å². The Labute approximate surface area is 226 Å². The van der Waals surface area contributed by atoms with Gasteiger partial charge in [0.2, 0.25) is 11.7 Å². The van der Waals surface area contributed by atoms with Crippen LogP contribution in [0.5, 0.6) is 0 Å². The Hall–Kier alpha value is -3.33. The third kappa shape index (κ3) is 5.16. The molecule has 2 aromatic heterocycles. The molecule has 2 fully saturated rings. The number of piperidine rings is 1. The number of rotatable bonds is 8. The number of amides is 1. The molecule has 5 rings (SSSR count). The number of nitrogens with zero attached hydrogens (tertiary/aromatic N) is 5. The Morgan fingerprint density at radius 2 is 1.87 bits per heavy atom. The summed E-state index contributed by atoms with van der Waals surface area (Å²) in [7, 11) is 0. The Bertz CT molecular complexity index is 1380. The summed E-state index contributed by atoms with van der Waals surface area (Å²) in [5, 5.41) is 10.1. The summed E-state index contributed by atoms with van der Waals surface area (Å²) in [5.74, 6) is -0.171. The van der Waals surface area contributed by atoms with E-state index in [-0.39, 0.29) is 18.0 Å². The average molecular weight is 540 g/mol. The van der Waals surface area contributed by atoms with Crippen molar-refractivity contribution >= 4 is 35.1 Å². The van der Waals surface area contributed by atoms with Crippen molar-refractivity contribution in [3.63, 3.8) is 0 Å². The molecule has 0 unspecified atom stereocenters. The van der Waals surface area contributed by atoms with Crippen LogP contribution in [0.15, 0.2) is 41.3 Å². The fourth-order valence-electron chi connectivity index (χ4n) is 5.70. The van der Waals surface area contributed by atoms with Gasteiger partial charge in [-0.25, -0.2) is 4.98 Å². The van der Waals surface area contributed by atoms with E-state index in [0.29, 0.717) is 61.2 Å². The number of anilines is 1. The minimum atomic E-state index is -0.850. The minimum absolute atomic E-state index is 0.0499. The molecule has 0 spiro atoms. The number of carbonyl (C=O) groups is 2. The standard InChI is InChI=1S/C28H34ClN5O4/c1-2-3-4-14-33-24(16-25(35)34-18-22(30-28(33)34)19-9-11-21(29)12-10-19)32-15-6-8-23(32)26(36)31-13-5-7-20(17-31)27(37)38/h9-12,16,18,20,23H,2-8,13-15,17H2,1H3,(H,37,38)/t20-,23+/m1/s1. The highest BCUT2D eigenvalue weighted by Gasteiger charge is 2.38.